The molecule has 1 saturated heterocycles. The molecule has 2 aromatic carbocycles. The van der Waals surface area contributed by atoms with Crippen molar-refractivity contribution in [3.8, 4) is 0 Å². The molecule has 1 unspecified atom stereocenters. The Labute approximate surface area is 126 Å². The molecule has 0 aliphatic carbocycles. The van der Waals surface area contributed by atoms with E-state index >= 15 is 0 Å². The number of hydrogen-bond donors (Lipinski definition) is 1. The standard InChI is InChI=1S/C18H22NO2/c1-18(20)12-13-19(21-18,14-16-8-4-2-5-9-16)15-17-10-6-3-7-11-17/h2-11,20H,12-15H2,1H3/q+1. The van der Waals surface area contributed by atoms with Gasteiger partial charge in [-0.25, -0.2) is 0 Å². The highest BCUT2D eigenvalue weighted by molar-refractivity contribution is 5.15. The molecular weight excluding hydrogens is 262 g/mol. The Bertz CT molecular complexity index is 539. The highest BCUT2D eigenvalue weighted by Crippen LogP contribution is 2.34. The van der Waals surface area contributed by atoms with Gasteiger partial charge in [-0.15, -0.1) is 0 Å². The molecule has 21 heavy (non-hydrogen) atoms. The molecule has 2 aromatic rings. The number of nitrogens with zero attached hydrogens (tertiary/aromatic N) is 1. The number of hydrogen-bond acceptors (Lipinski definition) is 2. The number of aliphatic hydroxyl groups is 1. The fraction of sp³-hybridized carbons (Fsp3) is 0.333. The molecule has 110 valence electrons. The molecule has 3 rings (SSSR count). The lowest BCUT2D eigenvalue weighted by Crippen LogP contribution is -2.44. The van der Waals surface area contributed by atoms with Gasteiger partial charge in [-0.2, -0.15) is 9.48 Å². The maximum absolute atomic E-state index is 10.2. The van der Waals surface area contributed by atoms with Gasteiger partial charge in [0.05, 0.1) is 6.42 Å². The zero-order chi connectivity index (χ0) is 14.8. The topological polar surface area (TPSA) is 29.5 Å². The highest BCUT2D eigenvalue weighted by atomic mass is 16.8. The molecule has 0 saturated carbocycles. The van der Waals surface area contributed by atoms with Crippen molar-refractivity contribution < 1.29 is 14.6 Å². The maximum atomic E-state index is 10.2. The molecule has 1 atom stereocenters. The minimum atomic E-state index is -1.04. The van der Waals surface area contributed by atoms with Crippen LogP contribution >= 0.6 is 0 Å². The Kier molecular flexibility index (Phi) is 3.81. The number of benzene rings is 2. The molecule has 1 fully saturated rings. The predicted molar refractivity (Wildman–Crippen MR) is 81.7 cm³/mol. The van der Waals surface area contributed by atoms with Crippen LogP contribution in [0, 0.1) is 0 Å². The van der Waals surface area contributed by atoms with Gasteiger partial charge in [0.2, 0.25) is 5.79 Å². The molecular formula is C18H22NO2+. The summed E-state index contributed by atoms with van der Waals surface area (Å²) in [6, 6.07) is 20.7. The molecule has 0 spiro atoms. The molecule has 0 radical (unpaired) electrons. The molecule has 1 N–H and O–H groups in total. The SMILES string of the molecule is CC1(O)CC[N+](Cc2ccccc2)(Cc2ccccc2)O1. The van der Waals surface area contributed by atoms with Gasteiger partial charge in [0, 0.05) is 11.1 Å². The number of hydroxylamine groups is 3. The summed E-state index contributed by atoms with van der Waals surface area (Å²) in [7, 11) is 0. The van der Waals surface area contributed by atoms with E-state index < -0.39 is 5.79 Å². The third-order valence-electron chi connectivity index (χ3n) is 4.00. The number of rotatable bonds is 4. The molecule has 1 aliphatic rings. The van der Waals surface area contributed by atoms with Gasteiger partial charge in [-0.1, -0.05) is 60.7 Å². The first-order valence-corrected chi connectivity index (χ1v) is 7.44. The zero-order valence-electron chi connectivity index (χ0n) is 12.4. The molecule has 1 aliphatic heterocycles. The first kappa shape index (κ1) is 14.3. The van der Waals surface area contributed by atoms with E-state index in [2.05, 4.69) is 24.3 Å². The van der Waals surface area contributed by atoms with Crippen molar-refractivity contribution in [2.75, 3.05) is 6.54 Å². The second kappa shape index (κ2) is 5.60. The van der Waals surface area contributed by atoms with Crippen LogP contribution in [0.25, 0.3) is 0 Å². The Morgan fingerprint density at radius 2 is 1.43 bits per heavy atom. The van der Waals surface area contributed by atoms with Crippen molar-refractivity contribution in [3.63, 3.8) is 0 Å². The van der Waals surface area contributed by atoms with Gasteiger partial charge in [-0.3, -0.25) is 0 Å². The van der Waals surface area contributed by atoms with Crippen LogP contribution in [0.3, 0.4) is 0 Å². The predicted octanol–water partition coefficient (Wildman–Crippen LogP) is 3.25. The van der Waals surface area contributed by atoms with Gasteiger partial charge in [-0.05, 0) is 6.92 Å². The smallest absolute Gasteiger partial charge is 0.226 e. The fourth-order valence-corrected chi connectivity index (χ4v) is 3.03. The summed E-state index contributed by atoms with van der Waals surface area (Å²) in [6.45, 7) is 4.11. The Balaban J connectivity index is 1.85. The number of quaternary nitrogens is 1. The van der Waals surface area contributed by atoms with Gasteiger partial charge in [0.15, 0.2) is 0 Å². The molecule has 1 heterocycles. The van der Waals surface area contributed by atoms with E-state index in [1.807, 2.05) is 36.4 Å². The van der Waals surface area contributed by atoms with E-state index in [9.17, 15) is 5.11 Å². The second-order valence-electron chi connectivity index (χ2n) is 6.09. The van der Waals surface area contributed by atoms with Crippen LogP contribution in [0.15, 0.2) is 60.7 Å². The fourth-order valence-electron chi connectivity index (χ4n) is 3.03. The largest absolute Gasteiger partial charge is 0.361 e. The molecule has 0 aromatic heterocycles. The van der Waals surface area contributed by atoms with Gasteiger partial charge in [0.25, 0.3) is 0 Å². The Morgan fingerprint density at radius 1 is 0.952 bits per heavy atom. The quantitative estimate of drug-likeness (QED) is 0.873. The van der Waals surface area contributed by atoms with Gasteiger partial charge < -0.3 is 5.11 Å². The average Bonchev–Trinajstić information content (AvgIpc) is 2.76. The lowest BCUT2D eigenvalue weighted by molar-refractivity contribution is -1.12. The summed E-state index contributed by atoms with van der Waals surface area (Å²) >= 11 is 0. The minimum Gasteiger partial charge on any atom is -0.361 e. The second-order valence-corrected chi connectivity index (χ2v) is 6.09. The van der Waals surface area contributed by atoms with E-state index in [4.69, 9.17) is 4.84 Å². The molecule has 0 bridgehead atoms. The van der Waals surface area contributed by atoms with Crippen LogP contribution < -0.4 is 0 Å². The van der Waals surface area contributed by atoms with E-state index in [1.165, 1.54) is 11.1 Å². The van der Waals surface area contributed by atoms with Crippen LogP contribution in [-0.2, 0) is 17.9 Å². The Hall–Kier alpha value is -1.68. The van der Waals surface area contributed by atoms with E-state index in [0.29, 0.717) is 11.1 Å². The maximum Gasteiger partial charge on any atom is 0.226 e. The monoisotopic (exact) mass is 284 g/mol. The van der Waals surface area contributed by atoms with Crippen LogP contribution in [0.4, 0.5) is 0 Å². The third-order valence-corrected chi connectivity index (χ3v) is 4.00. The van der Waals surface area contributed by atoms with Crippen molar-refractivity contribution in [1.82, 2.24) is 0 Å². The summed E-state index contributed by atoms with van der Waals surface area (Å²) in [5.74, 6) is -1.04. The minimum absolute atomic E-state index is 0.445. The summed E-state index contributed by atoms with van der Waals surface area (Å²) in [4.78, 5) is 6.04. The first-order valence-electron chi connectivity index (χ1n) is 7.44. The zero-order valence-corrected chi connectivity index (χ0v) is 12.4. The Morgan fingerprint density at radius 3 is 1.81 bits per heavy atom. The van der Waals surface area contributed by atoms with Crippen molar-refractivity contribution in [2.45, 2.75) is 32.2 Å². The summed E-state index contributed by atoms with van der Waals surface area (Å²) < 4.78 is 0.445. The molecule has 0 amide bonds. The van der Waals surface area contributed by atoms with Crippen LogP contribution in [0.5, 0.6) is 0 Å². The summed E-state index contributed by atoms with van der Waals surface area (Å²) in [5.41, 5.74) is 2.46. The highest BCUT2D eigenvalue weighted by Gasteiger charge is 2.47. The van der Waals surface area contributed by atoms with Crippen LogP contribution in [0.2, 0.25) is 0 Å². The van der Waals surface area contributed by atoms with Crippen molar-refractivity contribution >= 4 is 0 Å². The van der Waals surface area contributed by atoms with Crippen LogP contribution in [-0.4, -0.2) is 22.1 Å². The van der Waals surface area contributed by atoms with Crippen molar-refractivity contribution in [2.24, 2.45) is 0 Å². The summed E-state index contributed by atoms with van der Waals surface area (Å²) in [6.07, 6.45) is 0.659. The third kappa shape index (κ3) is 3.50. The lowest BCUT2D eigenvalue weighted by Gasteiger charge is -2.32. The van der Waals surface area contributed by atoms with Crippen molar-refractivity contribution in [3.05, 3.63) is 71.8 Å². The van der Waals surface area contributed by atoms with Crippen molar-refractivity contribution in [1.29, 1.82) is 0 Å². The normalized spacial score (nSPS) is 24.1. The van der Waals surface area contributed by atoms with E-state index in [-0.39, 0.29) is 0 Å². The van der Waals surface area contributed by atoms with Gasteiger partial charge >= 0.3 is 0 Å². The van der Waals surface area contributed by atoms with Gasteiger partial charge in [0.1, 0.15) is 19.6 Å². The van der Waals surface area contributed by atoms with Crippen LogP contribution in [0.1, 0.15) is 24.5 Å². The summed E-state index contributed by atoms with van der Waals surface area (Å²) in [5, 5.41) is 10.2. The molecule has 3 nitrogen and oxygen atoms in total. The first-order chi connectivity index (χ1) is 10.1. The average molecular weight is 284 g/mol. The van der Waals surface area contributed by atoms with E-state index in [1.54, 1.807) is 6.92 Å². The lowest BCUT2D eigenvalue weighted by atomic mass is 10.1. The molecule has 3 heteroatoms. The van der Waals surface area contributed by atoms with E-state index in [0.717, 1.165) is 19.6 Å².